The number of allylic oxidation sites excluding steroid dienone is 2. The lowest BCUT2D eigenvalue weighted by Gasteiger charge is -2.07. The minimum absolute atomic E-state index is 0.974. The summed E-state index contributed by atoms with van der Waals surface area (Å²) in [7, 11) is 0. The Morgan fingerprint density at radius 3 is 3.11 bits per heavy atom. The molecule has 0 atom stereocenters. The van der Waals surface area contributed by atoms with Crippen LogP contribution in [0.25, 0.3) is 0 Å². The van der Waals surface area contributed by atoms with Crippen molar-refractivity contribution >= 4 is 6.34 Å². The van der Waals surface area contributed by atoms with Gasteiger partial charge in [-0.25, -0.2) is 4.99 Å². The molecule has 0 N–H and O–H groups in total. The van der Waals surface area contributed by atoms with Crippen LogP contribution >= 0.6 is 0 Å². The molecule has 1 heterocycles. The monoisotopic (exact) mass is 122 g/mol. The Hall–Kier alpha value is -1.05. The summed E-state index contributed by atoms with van der Waals surface area (Å²) >= 11 is 0. The minimum Gasteiger partial charge on any atom is -0.339 e. The fourth-order valence-electron chi connectivity index (χ4n) is 0.609. The minimum atomic E-state index is 0.974. The molecule has 1 rings (SSSR count). The molecule has 0 amide bonds. The highest BCUT2D eigenvalue weighted by Gasteiger charge is 1.87. The van der Waals surface area contributed by atoms with Gasteiger partial charge in [0.25, 0.3) is 0 Å². The molecule has 0 aromatic carbocycles. The van der Waals surface area contributed by atoms with Crippen LogP contribution in [0, 0.1) is 0 Å². The van der Waals surface area contributed by atoms with Crippen LogP contribution in [0.3, 0.4) is 0 Å². The average molecular weight is 122 g/mol. The van der Waals surface area contributed by atoms with E-state index in [-0.39, 0.29) is 0 Å². The molecule has 0 fully saturated rings. The van der Waals surface area contributed by atoms with Gasteiger partial charge in [0.2, 0.25) is 0 Å². The standard InChI is InChI=1S/C7H10N2/c1-2-9-6-4-3-5-8-7-9/h3-7H,2H2,1H3. The Balaban J connectivity index is 2.58. The third kappa shape index (κ3) is 1.72. The highest BCUT2D eigenvalue weighted by molar-refractivity contribution is 5.58. The molecule has 0 unspecified atom stereocenters. The molecule has 0 saturated carbocycles. The summed E-state index contributed by atoms with van der Waals surface area (Å²) in [4.78, 5) is 5.99. The maximum atomic E-state index is 3.98. The summed E-state index contributed by atoms with van der Waals surface area (Å²) < 4.78 is 0. The molecule has 0 aromatic rings. The van der Waals surface area contributed by atoms with Crippen LogP contribution in [-0.4, -0.2) is 17.8 Å². The van der Waals surface area contributed by atoms with Gasteiger partial charge in [-0.05, 0) is 19.1 Å². The molecule has 0 aromatic heterocycles. The molecule has 9 heavy (non-hydrogen) atoms. The van der Waals surface area contributed by atoms with E-state index in [1.54, 1.807) is 12.5 Å². The molecule has 0 spiro atoms. The Morgan fingerprint density at radius 1 is 1.44 bits per heavy atom. The van der Waals surface area contributed by atoms with Crippen molar-refractivity contribution in [1.29, 1.82) is 0 Å². The summed E-state index contributed by atoms with van der Waals surface area (Å²) in [6.45, 7) is 3.06. The summed E-state index contributed by atoms with van der Waals surface area (Å²) in [6.07, 6.45) is 9.45. The molecular weight excluding hydrogens is 112 g/mol. The first-order valence-electron chi connectivity index (χ1n) is 3.06. The summed E-state index contributed by atoms with van der Waals surface area (Å²) in [5.74, 6) is 0. The fourth-order valence-corrected chi connectivity index (χ4v) is 0.609. The van der Waals surface area contributed by atoms with Crippen LogP contribution in [-0.2, 0) is 0 Å². The van der Waals surface area contributed by atoms with E-state index in [9.17, 15) is 0 Å². The first kappa shape index (κ1) is 6.08. The van der Waals surface area contributed by atoms with Crippen molar-refractivity contribution in [3.05, 3.63) is 24.6 Å². The normalized spacial score (nSPS) is 16.3. The largest absolute Gasteiger partial charge is 0.339 e. The molecule has 1 aliphatic rings. The topological polar surface area (TPSA) is 15.6 Å². The van der Waals surface area contributed by atoms with Crippen molar-refractivity contribution in [3.8, 4) is 0 Å². The predicted octanol–water partition coefficient (Wildman–Crippen LogP) is 1.38. The first-order valence-corrected chi connectivity index (χ1v) is 3.06. The molecule has 0 bridgehead atoms. The Morgan fingerprint density at radius 2 is 2.33 bits per heavy atom. The first-order chi connectivity index (χ1) is 4.43. The molecule has 48 valence electrons. The van der Waals surface area contributed by atoms with E-state index >= 15 is 0 Å². The number of hydrogen-bond donors (Lipinski definition) is 0. The number of aliphatic imine (C=N–C) groups is 1. The van der Waals surface area contributed by atoms with Gasteiger partial charge in [0.05, 0.1) is 6.34 Å². The van der Waals surface area contributed by atoms with Gasteiger partial charge in [0, 0.05) is 18.9 Å². The predicted molar refractivity (Wildman–Crippen MR) is 39.2 cm³/mol. The molecule has 0 aliphatic carbocycles. The summed E-state index contributed by atoms with van der Waals surface area (Å²) in [5.41, 5.74) is 0. The van der Waals surface area contributed by atoms with Crippen molar-refractivity contribution in [2.24, 2.45) is 4.99 Å². The zero-order valence-corrected chi connectivity index (χ0v) is 5.49. The van der Waals surface area contributed by atoms with Crippen LogP contribution in [0.1, 0.15) is 6.92 Å². The van der Waals surface area contributed by atoms with Crippen molar-refractivity contribution in [3.63, 3.8) is 0 Å². The van der Waals surface area contributed by atoms with Crippen molar-refractivity contribution < 1.29 is 0 Å². The fraction of sp³-hybridized carbons (Fsp3) is 0.286. The van der Waals surface area contributed by atoms with Crippen LogP contribution in [0.5, 0.6) is 0 Å². The number of hydrogen-bond acceptors (Lipinski definition) is 2. The third-order valence-corrected chi connectivity index (χ3v) is 1.14. The zero-order valence-electron chi connectivity index (χ0n) is 5.49. The highest BCUT2D eigenvalue weighted by Crippen LogP contribution is 1.90. The van der Waals surface area contributed by atoms with E-state index in [0.717, 1.165) is 6.54 Å². The third-order valence-electron chi connectivity index (χ3n) is 1.14. The van der Waals surface area contributed by atoms with E-state index in [1.165, 1.54) is 0 Å². The van der Waals surface area contributed by atoms with Crippen molar-refractivity contribution in [2.75, 3.05) is 6.54 Å². The van der Waals surface area contributed by atoms with E-state index < -0.39 is 0 Å². The Kier molecular flexibility index (Phi) is 2.07. The van der Waals surface area contributed by atoms with Gasteiger partial charge < -0.3 is 4.90 Å². The van der Waals surface area contributed by atoms with Crippen molar-refractivity contribution in [1.82, 2.24) is 4.90 Å². The number of nitrogens with zero attached hydrogens (tertiary/aromatic N) is 2. The van der Waals surface area contributed by atoms with Gasteiger partial charge >= 0.3 is 0 Å². The molecule has 2 nitrogen and oxygen atoms in total. The lowest BCUT2D eigenvalue weighted by Crippen LogP contribution is -2.12. The SMILES string of the molecule is CCN1C=CC=CN=C1. The van der Waals surface area contributed by atoms with E-state index in [2.05, 4.69) is 11.9 Å². The summed E-state index contributed by atoms with van der Waals surface area (Å²) in [6, 6.07) is 0. The second-order valence-electron chi connectivity index (χ2n) is 1.78. The van der Waals surface area contributed by atoms with Gasteiger partial charge in [0.1, 0.15) is 0 Å². The maximum Gasteiger partial charge on any atom is 0.0944 e. The molecule has 1 aliphatic heterocycles. The lowest BCUT2D eigenvalue weighted by atomic mass is 10.5. The summed E-state index contributed by atoms with van der Waals surface area (Å²) in [5, 5.41) is 0. The van der Waals surface area contributed by atoms with Gasteiger partial charge in [-0.15, -0.1) is 0 Å². The van der Waals surface area contributed by atoms with E-state index in [4.69, 9.17) is 0 Å². The van der Waals surface area contributed by atoms with Crippen LogP contribution < -0.4 is 0 Å². The van der Waals surface area contributed by atoms with Gasteiger partial charge in [0.15, 0.2) is 0 Å². The Labute approximate surface area is 55.2 Å². The van der Waals surface area contributed by atoms with Gasteiger partial charge in [-0.1, -0.05) is 0 Å². The van der Waals surface area contributed by atoms with Gasteiger partial charge in [-0.2, -0.15) is 0 Å². The second-order valence-corrected chi connectivity index (χ2v) is 1.78. The quantitative estimate of drug-likeness (QED) is 0.513. The van der Waals surface area contributed by atoms with E-state index in [1.807, 2.05) is 23.3 Å². The second kappa shape index (κ2) is 3.07. The lowest BCUT2D eigenvalue weighted by molar-refractivity contribution is 0.608. The van der Waals surface area contributed by atoms with E-state index in [0.29, 0.717) is 0 Å². The van der Waals surface area contributed by atoms with Crippen LogP contribution in [0.4, 0.5) is 0 Å². The number of rotatable bonds is 1. The highest BCUT2D eigenvalue weighted by atomic mass is 15.1. The van der Waals surface area contributed by atoms with Crippen LogP contribution in [0.15, 0.2) is 29.5 Å². The molecule has 0 saturated heterocycles. The smallest absolute Gasteiger partial charge is 0.0944 e. The van der Waals surface area contributed by atoms with Crippen molar-refractivity contribution in [2.45, 2.75) is 6.92 Å². The molecule has 0 radical (unpaired) electrons. The molecular formula is C7H10N2. The zero-order chi connectivity index (χ0) is 6.53. The Bertz CT molecular complexity index is 140. The van der Waals surface area contributed by atoms with Gasteiger partial charge in [-0.3, -0.25) is 0 Å². The average Bonchev–Trinajstić information content (AvgIpc) is 2.13. The van der Waals surface area contributed by atoms with Crippen LogP contribution in [0.2, 0.25) is 0 Å². The maximum absolute atomic E-state index is 3.98. The molecule has 2 heteroatoms.